The molecule has 4 aliphatic rings. The van der Waals surface area contributed by atoms with Gasteiger partial charge in [0, 0.05) is 0 Å². The Balaban J connectivity index is 1.33. The summed E-state index contributed by atoms with van der Waals surface area (Å²) in [5.74, 6) is 0. The first-order valence-electron chi connectivity index (χ1n) is 14.1. The third-order valence-electron chi connectivity index (χ3n) is 8.15. The molecule has 0 spiro atoms. The van der Waals surface area contributed by atoms with Crippen LogP contribution in [-0.4, -0.2) is 221 Å². The van der Waals surface area contributed by atoms with Crippen molar-refractivity contribution >= 4 is 0 Å². The van der Waals surface area contributed by atoms with Crippen LogP contribution in [0.25, 0.3) is 0 Å². The molecular weight excluding hydrogens is 624 g/mol. The zero-order chi connectivity index (χ0) is 33.3. The van der Waals surface area contributed by atoms with Crippen LogP contribution in [0.4, 0.5) is 0 Å². The molecule has 20 atom stereocenters. The average Bonchev–Trinajstić information content (AvgIpc) is 3.02. The van der Waals surface area contributed by atoms with Gasteiger partial charge in [-0.05, 0) is 0 Å². The van der Waals surface area contributed by atoms with Crippen molar-refractivity contribution in [1.82, 2.24) is 0 Å². The summed E-state index contributed by atoms with van der Waals surface area (Å²) in [4.78, 5) is 0. The number of ether oxygens (including phenoxy) is 7. The molecule has 0 radical (unpaired) electrons. The van der Waals surface area contributed by atoms with E-state index in [1.807, 2.05) is 0 Å². The SMILES string of the molecule is OC[C@H]1O[C@H](OC[C@H]2O[C@H](OC[C@H]3O[C@H](OC[C@H]4OC(O)[C@H](O)[C@@H](O)[C@@H]4O)[C@H](O)[C@@H](O)[C@H]3O)[C@H](O)[C@@H](O)[C@H]2O)[C@H](O)[C@@H](O)[C@H]1O. The van der Waals surface area contributed by atoms with Crippen LogP contribution >= 0.6 is 0 Å². The van der Waals surface area contributed by atoms with Crippen LogP contribution in [0.2, 0.25) is 0 Å². The van der Waals surface area contributed by atoms with Gasteiger partial charge in [-0.15, -0.1) is 0 Å². The van der Waals surface area contributed by atoms with E-state index in [1.54, 1.807) is 0 Å². The summed E-state index contributed by atoms with van der Waals surface area (Å²) < 4.78 is 37.2. The molecule has 1 unspecified atom stereocenters. The van der Waals surface area contributed by atoms with E-state index in [1.165, 1.54) is 0 Å². The average molecular weight is 667 g/mol. The van der Waals surface area contributed by atoms with Crippen molar-refractivity contribution in [1.29, 1.82) is 0 Å². The molecule has 21 heteroatoms. The van der Waals surface area contributed by atoms with Gasteiger partial charge >= 0.3 is 0 Å². The maximum Gasteiger partial charge on any atom is 0.186 e. The Bertz CT molecular complexity index is 916. The Morgan fingerprint density at radius 2 is 0.622 bits per heavy atom. The zero-order valence-corrected chi connectivity index (χ0v) is 23.5. The highest BCUT2D eigenvalue weighted by Gasteiger charge is 2.50. The van der Waals surface area contributed by atoms with Crippen LogP contribution in [0.3, 0.4) is 0 Å². The molecule has 4 aliphatic heterocycles. The Labute approximate surface area is 254 Å². The summed E-state index contributed by atoms with van der Waals surface area (Å²) in [5.41, 5.74) is 0. The van der Waals surface area contributed by atoms with Crippen LogP contribution in [0, 0.1) is 0 Å². The van der Waals surface area contributed by atoms with Crippen molar-refractivity contribution in [3.63, 3.8) is 0 Å². The molecule has 45 heavy (non-hydrogen) atoms. The lowest BCUT2D eigenvalue weighted by Crippen LogP contribution is -2.63. The highest BCUT2D eigenvalue weighted by Crippen LogP contribution is 2.29. The van der Waals surface area contributed by atoms with Gasteiger partial charge < -0.3 is 105 Å². The first-order chi connectivity index (χ1) is 21.2. The van der Waals surface area contributed by atoms with E-state index >= 15 is 0 Å². The molecule has 4 fully saturated rings. The molecule has 14 N–H and O–H groups in total. The molecule has 0 amide bonds. The van der Waals surface area contributed by atoms with Crippen molar-refractivity contribution in [3.05, 3.63) is 0 Å². The van der Waals surface area contributed by atoms with E-state index in [-0.39, 0.29) is 0 Å². The highest BCUT2D eigenvalue weighted by atomic mass is 16.7. The Morgan fingerprint density at radius 3 is 0.978 bits per heavy atom. The van der Waals surface area contributed by atoms with Gasteiger partial charge in [-0.1, -0.05) is 0 Å². The second-order valence-corrected chi connectivity index (χ2v) is 11.3. The fraction of sp³-hybridized carbons (Fsp3) is 1.00. The van der Waals surface area contributed by atoms with Gasteiger partial charge in [0.15, 0.2) is 25.2 Å². The summed E-state index contributed by atoms with van der Waals surface area (Å²) in [6, 6.07) is 0. The lowest BCUT2D eigenvalue weighted by molar-refractivity contribution is -0.346. The van der Waals surface area contributed by atoms with Crippen LogP contribution in [0.5, 0.6) is 0 Å². The molecule has 0 aromatic rings. The van der Waals surface area contributed by atoms with E-state index in [4.69, 9.17) is 33.2 Å². The molecule has 4 rings (SSSR count). The number of aliphatic hydroxyl groups is 14. The summed E-state index contributed by atoms with van der Waals surface area (Å²) >= 11 is 0. The van der Waals surface area contributed by atoms with Gasteiger partial charge in [0.1, 0.15) is 97.7 Å². The second kappa shape index (κ2) is 15.6. The predicted molar refractivity (Wildman–Crippen MR) is 134 cm³/mol. The predicted octanol–water partition coefficient (Wildman–Crippen LogP) is -9.75. The maximum atomic E-state index is 10.4. The summed E-state index contributed by atoms with van der Waals surface area (Å²) in [7, 11) is 0. The minimum Gasteiger partial charge on any atom is -0.394 e. The number of aliphatic hydroxyl groups excluding tert-OH is 14. The Kier molecular flexibility index (Phi) is 12.8. The molecule has 0 aromatic heterocycles. The van der Waals surface area contributed by atoms with E-state index in [0.717, 1.165) is 0 Å². The summed E-state index contributed by atoms with van der Waals surface area (Å²) in [5, 5.41) is 141. The van der Waals surface area contributed by atoms with Gasteiger partial charge in [0.05, 0.1) is 26.4 Å². The lowest BCUT2D eigenvalue weighted by atomic mass is 9.98. The summed E-state index contributed by atoms with van der Waals surface area (Å²) in [6.45, 7) is -2.67. The second-order valence-electron chi connectivity index (χ2n) is 11.3. The maximum absolute atomic E-state index is 10.4. The van der Waals surface area contributed by atoms with E-state index in [0.29, 0.717) is 0 Å². The van der Waals surface area contributed by atoms with Gasteiger partial charge in [-0.3, -0.25) is 0 Å². The number of rotatable bonds is 10. The van der Waals surface area contributed by atoms with Gasteiger partial charge in [-0.2, -0.15) is 0 Å². The molecule has 0 bridgehead atoms. The Morgan fingerprint density at radius 1 is 0.333 bits per heavy atom. The zero-order valence-electron chi connectivity index (χ0n) is 23.5. The highest BCUT2D eigenvalue weighted by molar-refractivity contribution is 4.94. The minimum absolute atomic E-state index is 0.633. The molecular formula is C24H42O21. The lowest BCUT2D eigenvalue weighted by Gasteiger charge is -2.44. The fourth-order valence-corrected chi connectivity index (χ4v) is 5.23. The van der Waals surface area contributed by atoms with E-state index < -0.39 is 149 Å². The van der Waals surface area contributed by atoms with Crippen LogP contribution < -0.4 is 0 Å². The van der Waals surface area contributed by atoms with Gasteiger partial charge in [0.2, 0.25) is 0 Å². The number of hydrogen-bond acceptors (Lipinski definition) is 21. The molecule has 4 saturated heterocycles. The monoisotopic (exact) mass is 666 g/mol. The third-order valence-corrected chi connectivity index (χ3v) is 8.15. The number of hydrogen-bond donors (Lipinski definition) is 14. The summed E-state index contributed by atoms with van der Waals surface area (Å²) in [6.07, 6.45) is -34.1. The van der Waals surface area contributed by atoms with Crippen LogP contribution in [-0.2, 0) is 33.2 Å². The first kappa shape index (κ1) is 37.0. The molecule has 21 nitrogen and oxygen atoms in total. The van der Waals surface area contributed by atoms with Crippen molar-refractivity contribution in [3.8, 4) is 0 Å². The topological polar surface area (TPSA) is 348 Å². The minimum atomic E-state index is -1.88. The first-order valence-corrected chi connectivity index (χ1v) is 14.1. The van der Waals surface area contributed by atoms with E-state index in [9.17, 15) is 71.5 Å². The standard InChI is InChI=1S/C24H42O21/c25-1-5-9(26)14(31)18(35)22(43-5)40-3-7-11(28)16(33)20(37)24(45-7)41-4-8-12(29)15(32)19(36)23(44-8)39-2-6-10(27)13(30)17(34)21(38)42-6/h5-38H,1-4H2/t5-,6-,7-,8-,9+,10-,11+,12+,13+,14+,15+,16+,17-,18-,19-,20-,21?,22+,23+,24+/m1/s1. The van der Waals surface area contributed by atoms with Gasteiger partial charge in [0.25, 0.3) is 0 Å². The van der Waals surface area contributed by atoms with Crippen LogP contribution in [0.1, 0.15) is 0 Å². The van der Waals surface area contributed by atoms with Crippen molar-refractivity contribution in [2.24, 2.45) is 0 Å². The Hall–Kier alpha value is -0.840. The smallest absolute Gasteiger partial charge is 0.186 e. The van der Waals surface area contributed by atoms with Crippen LogP contribution in [0.15, 0.2) is 0 Å². The normalized spacial score (nSPS) is 52.9. The fourth-order valence-electron chi connectivity index (χ4n) is 5.23. The molecule has 0 saturated carbocycles. The van der Waals surface area contributed by atoms with Gasteiger partial charge in [-0.25, -0.2) is 0 Å². The molecule has 4 heterocycles. The molecule has 264 valence electrons. The molecule has 0 aromatic carbocycles. The van der Waals surface area contributed by atoms with Crippen molar-refractivity contribution < 1.29 is 105 Å². The largest absolute Gasteiger partial charge is 0.394 e. The third kappa shape index (κ3) is 7.91. The molecule has 0 aliphatic carbocycles. The quantitative estimate of drug-likeness (QED) is 0.103. The van der Waals surface area contributed by atoms with E-state index in [2.05, 4.69) is 0 Å². The van der Waals surface area contributed by atoms with Crippen molar-refractivity contribution in [2.45, 2.75) is 123 Å². The van der Waals surface area contributed by atoms with Crippen molar-refractivity contribution in [2.75, 3.05) is 26.4 Å².